The summed E-state index contributed by atoms with van der Waals surface area (Å²) >= 11 is 0. The summed E-state index contributed by atoms with van der Waals surface area (Å²) in [4.78, 5) is -0.255. The van der Waals surface area contributed by atoms with Crippen molar-refractivity contribution in [3.05, 3.63) is 24.3 Å². The van der Waals surface area contributed by atoms with Crippen molar-refractivity contribution in [3.8, 4) is 5.75 Å². The lowest BCUT2D eigenvalue weighted by molar-refractivity contribution is -0.274. The molecule has 1 aromatic rings. The Labute approximate surface area is 120 Å². The monoisotopic (exact) mass is 324 g/mol. The van der Waals surface area contributed by atoms with Crippen molar-refractivity contribution < 1.29 is 26.3 Å². The molecule has 1 atom stereocenters. The first-order valence-corrected chi connectivity index (χ1v) is 7.83. The van der Waals surface area contributed by atoms with Gasteiger partial charge >= 0.3 is 6.36 Å². The van der Waals surface area contributed by atoms with E-state index < -0.39 is 22.1 Å². The number of hydrogen-bond donors (Lipinski definition) is 2. The fraction of sp³-hybridized carbons (Fsp3) is 0.500. The third-order valence-electron chi connectivity index (χ3n) is 2.97. The Morgan fingerprint density at radius 2 is 2.10 bits per heavy atom. The molecule has 2 N–H and O–H groups in total. The molecule has 0 bridgehead atoms. The van der Waals surface area contributed by atoms with Crippen LogP contribution in [0.3, 0.4) is 0 Å². The van der Waals surface area contributed by atoms with E-state index >= 15 is 0 Å². The van der Waals surface area contributed by atoms with Crippen LogP contribution in [-0.2, 0) is 10.0 Å². The number of alkyl halides is 3. The second kappa shape index (κ2) is 6.20. The predicted octanol–water partition coefficient (Wildman–Crippen LogP) is 1.62. The highest BCUT2D eigenvalue weighted by atomic mass is 32.2. The zero-order chi connectivity index (χ0) is 15.5. The highest BCUT2D eigenvalue weighted by Gasteiger charge is 2.31. The fourth-order valence-electron chi connectivity index (χ4n) is 2.08. The lowest BCUT2D eigenvalue weighted by Crippen LogP contribution is -2.45. The molecule has 1 fully saturated rings. The smallest absolute Gasteiger partial charge is 0.406 e. The molecule has 2 rings (SSSR count). The van der Waals surface area contributed by atoms with E-state index in [1.54, 1.807) is 0 Å². The number of hydrogen-bond acceptors (Lipinski definition) is 4. The van der Waals surface area contributed by atoms with Gasteiger partial charge in [-0.05, 0) is 31.5 Å². The minimum Gasteiger partial charge on any atom is -0.406 e. The second-order valence-corrected chi connectivity index (χ2v) is 6.40. The van der Waals surface area contributed by atoms with Crippen LogP contribution < -0.4 is 14.8 Å². The summed E-state index contributed by atoms with van der Waals surface area (Å²) in [6.07, 6.45) is -3.33. The van der Waals surface area contributed by atoms with Crippen LogP contribution in [0.2, 0.25) is 0 Å². The van der Waals surface area contributed by atoms with Crippen LogP contribution >= 0.6 is 0 Å². The Kier molecular flexibility index (Phi) is 4.74. The molecule has 0 unspecified atom stereocenters. The first-order valence-electron chi connectivity index (χ1n) is 6.35. The average Bonchev–Trinajstić information content (AvgIpc) is 2.37. The van der Waals surface area contributed by atoms with Crippen molar-refractivity contribution in [2.24, 2.45) is 0 Å². The van der Waals surface area contributed by atoms with Crippen molar-refractivity contribution in [2.45, 2.75) is 30.1 Å². The van der Waals surface area contributed by atoms with E-state index in [1.165, 1.54) is 12.1 Å². The van der Waals surface area contributed by atoms with E-state index in [-0.39, 0.29) is 10.9 Å². The van der Waals surface area contributed by atoms with Crippen LogP contribution in [-0.4, -0.2) is 33.9 Å². The third-order valence-corrected chi connectivity index (χ3v) is 4.49. The van der Waals surface area contributed by atoms with Gasteiger partial charge in [-0.2, -0.15) is 0 Å². The molecule has 1 aromatic carbocycles. The average molecular weight is 324 g/mol. The van der Waals surface area contributed by atoms with E-state index in [1.807, 2.05) is 0 Å². The van der Waals surface area contributed by atoms with E-state index in [0.717, 1.165) is 25.1 Å². The predicted molar refractivity (Wildman–Crippen MR) is 69.3 cm³/mol. The van der Waals surface area contributed by atoms with Gasteiger partial charge in [0.1, 0.15) is 5.75 Å². The molecule has 1 heterocycles. The van der Waals surface area contributed by atoms with Gasteiger partial charge in [-0.3, -0.25) is 0 Å². The summed E-state index contributed by atoms with van der Waals surface area (Å²) in [5, 5.41) is 3.05. The largest absolute Gasteiger partial charge is 0.573 e. The van der Waals surface area contributed by atoms with Crippen LogP contribution in [0.1, 0.15) is 12.8 Å². The van der Waals surface area contributed by atoms with Crippen molar-refractivity contribution >= 4 is 10.0 Å². The zero-order valence-electron chi connectivity index (χ0n) is 11.0. The van der Waals surface area contributed by atoms with Gasteiger partial charge < -0.3 is 10.1 Å². The van der Waals surface area contributed by atoms with Gasteiger partial charge in [0, 0.05) is 18.7 Å². The van der Waals surface area contributed by atoms with Gasteiger partial charge in [-0.1, -0.05) is 6.07 Å². The van der Waals surface area contributed by atoms with E-state index in [9.17, 15) is 21.6 Å². The lowest BCUT2D eigenvalue weighted by Gasteiger charge is -2.23. The molecule has 0 spiro atoms. The quantitative estimate of drug-likeness (QED) is 0.883. The van der Waals surface area contributed by atoms with Gasteiger partial charge in [0.15, 0.2) is 0 Å². The van der Waals surface area contributed by atoms with Crippen molar-refractivity contribution in [1.29, 1.82) is 0 Å². The Morgan fingerprint density at radius 1 is 1.33 bits per heavy atom. The molecule has 21 heavy (non-hydrogen) atoms. The van der Waals surface area contributed by atoms with Crippen LogP contribution in [0.25, 0.3) is 0 Å². The molecule has 1 aliphatic rings. The molecular formula is C12H15F3N2O3S. The summed E-state index contributed by atoms with van der Waals surface area (Å²) in [6, 6.07) is 4.06. The molecular weight excluding hydrogens is 309 g/mol. The summed E-state index contributed by atoms with van der Waals surface area (Å²) in [5.74, 6) is -0.563. The molecule has 0 amide bonds. The maximum absolute atomic E-state index is 12.1. The van der Waals surface area contributed by atoms with Crippen LogP contribution in [0.15, 0.2) is 29.2 Å². The molecule has 9 heteroatoms. The molecule has 1 saturated heterocycles. The molecule has 0 aliphatic carbocycles. The van der Waals surface area contributed by atoms with Gasteiger partial charge in [-0.25, -0.2) is 13.1 Å². The normalized spacial score (nSPS) is 20.2. The Hall–Kier alpha value is -1.32. The number of rotatable bonds is 4. The minimum absolute atomic E-state index is 0.255. The molecule has 118 valence electrons. The summed E-state index contributed by atoms with van der Waals surface area (Å²) in [5.41, 5.74) is 0. The maximum atomic E-state index is 12.1. The highest BCUT2D eigenvalue weighted by Crippen LogP contribution is 2.25. The van der Waals surface area contributed by atoms with Crippen LogP contribution in [0.4, 0.5) is 13.2 Å². The Morgan fingerprint density at radius 3 is 2.71 bits per heavy atom. The number of nitrogens with one attached hydrogen (secondary N) is 2. The Bertz CT molecular complexity index is 584. The van der Waals surface area contributed by atoms with Crippen LogP contribution in [0, 0.1) is 0 Å². The van der Waals surface area contributed by atoms with E-state index in [2.05, 4.69) is 14.8 Å². The number of sulfonamides is 1. The van der Waals surface area contributed by atoms with Crippen molar-refractivity contribution in [2.75, 3.05) is 13.1 Å². The molecule has 1 aliphatic heterocycles. The molecule has 0 aromatic heterocycles. The lowest BCUT2D eigenvalue weighted by atomic mass is 10.1. The number of ether oxygens (including phenoxy) is 1. The zero-order valence-corrected chi connectivity index (χ0v) is 11.8. The second-order valence-electron chi connectivity index (χ2n) is 4.69. The van der Waals surface area contributed by atoms with Crippen molar-refractivity contribution in [3.63, 3.8) is 0 Å². The van der Waals surface area contributed by atoms with E-state index in [0.29, 0.717) is 13.0 Å². The molecule has 5 nitrogen and oxygen atoms in total. The van der Waals surface area contributed by atoms with Gasteiger partial charge in [0.05, 0.1) is 4.90 Å². The standard InChI is InChI=1S/C12H15F3N2O3S/c13-12(14,15)20-10-4-1-5-11(7-10)21(18,19)17-9-3-2-6-16-8-9/h1,4-5,7,9,16-17H,2-3,6,8H2/t9-/m1/s1. The maximum Gasteiger partial charge on any atom is 0.573 e. The summed E-state index contributed by atoms with van der Waals surface area (Å²) in [7, 11) is -3.88. The van der Waals surface area contributed by atoms with E-state index in [4.69, 9.17) is 0 Å². The summed E-state index contributed by atoms with van der Waals surface area (Å²) in [6.45, 7) is 1.32. The van der Waals surface area contributed by atoms with Gasteiger partial charge in [0.2, 0.25) is 10.0 Å². The number of benzene rings is 1. The summed E-state index contributed by atoms with van der Waals surface area (Å²) < 4.78 is 66.9. The number of halogens is 3. The van der Waals surface area contributed by atoms with Crippen LogP contribution in [0.5, 0.6) is 5.75 Å². The number of piperidine rings is 1. The Balaban J connectivity index is 2.13. The van der Waals surface area contributed by atoms with Gasteiger partial charge in [-0.15, -0.1) is 13.2 Å². The minimum atomic E-state index is -4.86. The third kappa shape index (κ3) is 4.87. The topological polar surface area (TPSA) is 67.4 Å². The first kappa shape index (κ1) is 16.1. The first-order chi connectivity index (χ1) is 9.76. The highest BCUT2D eigenvalue weighted by molar-refractivity contribution is 7.89. The fourth-order valence-corrected chi connectivity index (χ4v) is 3.38. The van der Waals surface area contributed by atoms with Crippen molar-refractivity contribution in [1.82, 2.24) is 10.0 Å². The SMILES string of the molecule is O=S(=O)(N[C@@H]1CCCNC1)c1cccc(OC(F)(F)F)c1. The molecule has 0 radical (unpaired) electrons. The van der Waals surface area contributed by atoms with Gasteiger partial charge in [0.25, 0.3) is 0 Å². The molecule has 0 saturated carbocycles.